The molecule has 1 heterocycles. The summed E-state index contributed by atoms with van der Waals surface area (Å²) in [6.45, 7) is 4.70. The number of amides is 2. The van der Waals surface area contributed by atoms with Crippen LogP contribution in [0.4, 0.5) is 14.5 Å². The Morgan fingerprint density at radius 1 is 0.850 bits per heavy atom. The van der Waals surface area contributed by atoms with Crippen molar-refractivity contribution in [1.29, 1.82) is 0 Å². The van der Waals surface area contributed by atoms with Crippen molar-refractivity contribution in [2.45, 2.75) is 70.9 Å². The summed E-state index contributed by atoms with van der Waals surface area (Å²) in [5, 5.41) is 9.28. The van der Waals surface area contributed by atoms with E-state index in [2.05, 4.69) is 22.9 Å². The zero-order valence-electron chi connectivity index (χ0n) is 23.5. The van der Waals surface area contributed by atoms with E-state index in [0.717, 1.165) is 56.2 Å². The van der Waals surface area contributed by atoms with Gasteiger partial charge in [0.2, 0.25) is 5.91 Å². The number of hydrogen-bond donors (Lipinski definition) is 3. The molecule has 3 N–H and O–H groups in total. The van der Waals surface area contributed by atoms with Crippen LogP contribution >= 0.6 is 0 Å². The first kappa shape index (κ1) is 30.8. The molecular weight excluding hydrogens is 508 g/mol. The minimum atomic E-state index is -0.178. The quantitative estimate of drug-likeness (QED) is 0.310. The van der Waals surface area contributed by atoms with Gasteiger partial charge in [0.1, 0.15) is 11.6 Å². The third-order valence-corrected chi connectivity index (χ3v) is 7.11. The van der Waals surface area contributed by atoms with Crippen molar-refractivity contribution in [3.8, 4) is 0 Å². The second-order valence-electron chi connectivity index (χ2n) is 10.3. The number of nitrogens with one attached hydrogen (secondary N) is 3. The minimum absolute atomic E-state index is 0.0632. The van der Waals surface area contributed by atoms with Gasteiger partial charge in [-0.1, -0.05) is 55.7 Å². The lowest BCUT2D eigenvalue weighted by Crippen LogP contribution is -2.46. The van der Waals surface area contributed by atoms with E-state index in [-0.39, 0.29) is 35.4 Å². The summed E-state index contributed by atoms with van der Waals surface area (Å²) >= 11 is 0. The Balaban J connectivity index is 0.000000193. The molecule has 0 aromatic heterocycles. The van der Waals surface area contributed by atoms with E-state index in [1.165, 1.54) is 18.2 Å². The molecule has 0 saturated heterocycles. The number of carbonyl (C=O) groups excluding carboxylic acids is 2. The molecule has 214 valence electrons. The van der Waals surface area contributed by atoms with Crippen molar-refractivity contribution in [3.63, 3.8) is 0 Å². The summed E-state index contributed by atoms with van der Waals surface area (Å²) in [5.41, 5.74) is 2.85. The maximum absolute atomic E-state index is 12.8. The van der Waals surface area contributed by atoms with Crippen molar-refractivity contribution in [1.82, 2.24) is 10.6 Å². The fourth-order valence-corrected chi connectivity index (χ4v) is 4.98. The van der Waals surface area contributed by atoms with E-state index >= 15 is 0 Å². The third kappa shape index (κ3) is 10.1. The van der Waals surface area contributed by atoms with Gasteiger partial charge in [-0.05, 0) is 87.6 Å². The second-order valence-corrected chi connectivity index (χ2v) is 10.3. The zero-order chi connectivity index (χ0) is 28.7. The van der Waals surface area contributed by atoms with Crippen LogP contribution in [0, 0.1) is 17.6 Å². The molecule has 40 heavy (non-hydrogen) atoms. The highest BCUT2D eigenvalue weighted by Gasteiger charge is 2.30. The molecule has 3 aromatic carbocycles. The van der Waals surface area contributed by atoms with Crippen LogP contribution in [-0.4, -0.2) is 30.4 Å². The van der Waals surface area contributed by atoms with Crippen LogP contribution in [0.5, 0.6) is 0 Å². The first-order chi connectivity index (χ1) is 19.4. The van der Waals surface area contributed by atoms with Gasteiger partial charge in [-0.2, -0.15) is 0 Å². The molecule has 0 bridgehead atoms. The Kier molecular flexibility index (Phi) is 12.6. The van der Waals surface area contributed by atoms with Crippen LogP contribution in [-0.2, 0) is 11.2 Å². The lowest BCUT2D eigenvalue weighted by Gasteiger charge is -2.25. The van der Waals surface area contributed by atoms with Gasteiger partial charge >= 0.3 is 0 Å². The van der Waals surface area contributed by atoms with E-state index in [4.69, 9.17) is 0 Å². The molecular formula is C33H41F2N3O2. The monoisotopic (exact) mass is 549 g/mol. The van der Waals surface area contributed by atoms with Crippen molar-refractivity contribution in [2.24, 2.45) is 5.92 Å². The van der Waals surface area contributed by atoms with E-state index in [9.17, 15) is 18.4 Å². The first-order valence-electron chi connectivity index (χ1n) is 14.3. The van der Waals surface area contributed by atoms with Crippen molar-refractivity contribution in [3.05, 3.63) is 102 Å². The van der Waals surface area contributed by atoms with Gasteiger partial charge < -0.3 is 16.0 Å². The summed E-state index contributed by atoms with van der Waals surface area (Å²) in [7, 11) is 0. The summed E-state index contributed by atoms with van der Waals surface area (Å²) in [4.78, 5) is 24.5. The molecule has 1 aliphatic heterocycles. The normalized spacial score (nSPS) is 19.6. The lowest BCUT2D eigenvalue weighted by atomic mass is 9.93. The maximum atomic E-state index is 12.8. The Labute approximate surface area is 236 Å². The van der Waals surface area contributed by atoms with E-state index in [1.807, 2.05) is 31.2 Å². The predicted octanol–water partition coefficient (Wildman–Crippen LogP) is 6.90. The molecule has 2 amide bonds. The number of hydrogen-bond acceptors (Lipinski definition) is 3. The molecule has 5 nitrogen and oxygen atoms in total. The summed E-state index contributed by atoms with van der Waals surface area (Å²) in [5.74, 6) is -0.442. The summed E-state index contributed by atoms with van der Waals surface area (Å²) in [6.07, 6.45) is 7.06. The Bertz CT molecular complexity index is 1190. The SMILES string of the molecule is CC1CCc2cc(F)ccc2N1.CCNC(=O)C1CCCCCC1NC(=O)c1ccccc1.Fc1ccccc1. The molecule has 3 atom stereocenters. The maximum Gasteiger partial charge on any atom is 0.251 e. The van der Waals surface area contributed by atoms with E-state index in [1.54, 1.807) is 36.4 Å². The molecule has 3 unspecified atom stereocenters. The zero-order valence-corrected chi connectivity index (χ0v) is 23.5. The molecule has 1 saturated carbocycles. The number of benzene rings is 3. The second kappa shape index (κ2) is 16.4. The van der Waals surface area contributed by atoms with Gasteiger partial charge in [0.25, 0.3) is 5.91 Å². The number of anilines is 1. The van der Waals surface area contributed by atoms with Crippen LogP contribution in [0.25, 0.3) is 0 Å². The fraction of sp³-hybridized carbons (Fsp3) is 0.394. The van der Waals surface area contributed by atoms with Gasteiger partial charge in [0.15, 0.2) is 0 Å². The molecule has 0 spiro atoms. The molecule has 1 aliphatic carbocycles. The number of carbonyl (C=O) groups is 2. The topological polar surface area (TPSA) is 70.2 Å². The highest BCUT2D eigenvalue weighted by atomic mass is 19.1. The van der Waals surface area contributed by atoms with Crippen LogP contribution in [0.3, 0.4) is 0 Å². The summed E-state index contributed by atoms with van der Waals surface area (Å²) < 4.78 is 24.7. The number of fused-ring (bicyclic) bond motifs is 1. The smallest absolute Gasteiger partial charge is 0.251 e. The molecule has 0 radical (unpaired) electrons. The molecule has 5 rings (SSSR count). The number of halogens is 2. The number of aryl methyl sites for hydroxylation is 1. The standard InChI is InChI=1S/C17H24N2O2.C10H12FN.C6H5F/c1-2-18-17(21)14-11-7-4-8-12-15(14)19-16(20)13-9-5-3-6-10-13;1-7-2-3-8-6-9(11)4-5-10(8)12-7;7-6-4-2-1-3-5-6/h3,5-6,9-10,14-15H,2,4,7-8,11-12H2,1H3,(H,18,21)(H,19,20);4-7,12H,2-3H2,1H3;1-5H. The highest BCUT2D eigenvalue weighted by molar-refractivity contribution is 5.94. The van der Waals surface area contributed by atoms with Crippen LogP contribution < -0.4 is 16.0 Å². The first-order valence-corrected chi connectivity index (χ1v) is 14.3. The van der Waals surface area contributed by atoms with Crippen molar-refractivity contribution < 1.29 is 18.4 Å². The largest absolute Gasteiger partial charge is 0.382 e. The lowest BCUT2D eigenvalue weighted by molar-refractivity contribution is -0.125. The van der Waals surface area contributed by atoms with Gasteiger partial charge in [-0.3, -0.25) is 9.59 Å². The van der Waals surface area contributed by atoms with Gasteiger partial charge in [-0.25, -0.2) is 8.78 Å². The molecule has 7 heteroatoms. The summed E-state index contributed by atoms with van der Waals surface area (Å²) in [6, 6.07) is 22.5. The minimum Gasteiger partial charge on any atom is -0.382 e. The molecule has 3 aromatic rings. The average molecular weight is 550 g/mol. The van der Waals surface area contributed by atoms with Crippen molar-refractivity contribution >= 4 is 17.5 Å². The van der Waals surface area contributed by atoms with E-state index < -0.39 is 0 Å². The van der Waals surface area contributed by atoms with Crippen LogP contribution in [0.1, 0.15) is 68.3 Å². The Morgan fingerprint density at radius 2 is 1.52 bits per heavy atom. The van der Waals surface area contributed by atoms with Crippen LogP contribution in [0.15, 0.2) is 78.9 Å². The number of rotatable bonds is 4. The van der Waals surface area contributed by atoms with Gasteiger partial charge in [0.05, 0.1) is 5.92 Å². The Morgan fingerprint density at radius 3 is 2.17 bits per heavy atom. The van der Waals surface area contributed by atoms with E-state index in [0.29, 0.717) is 18.2 Å². The van der Waals surface area contributed by atoms with Crippen LogP contribution in [0.2, 0.25) is 0 Å². The highest BCUT2D eigenvalue weighted by Crippen LogP contribution is 2.25. The van der Waals surface area contributed by atoms with Gasteiger partial charge in [-0.15, -0.1) is 0 Å². The van der Waals surface area contributed by atoms with Gasteiger partial charge in [0, 0.05) is 29.9 Å². The molecule has 2 aliphatic rings. The predicted molar refractivity (Wildman–Crippen MR) is 157 cm³/mol. The molecule has 1 fully saturated rings. The Hall–Kier alpha value is -3.74. The fourth-order valence-electron chi connectivity index (χ4n) is 4.98. The van der Waals surface area contributed by atoms with Crippen molar-refractivity contribution in [2.75, 3.05) is 11.9 Å². The average Bonchev–Trinajstić information content (AvgIpc) is 3.20. The third-order valence-electron chi connectivity index (χ3n) is 7.11.